The Morgan fingerprint density at radius 1 is 1.00 bits per heavy atom. The summed E-state index contributed by atoms with van der Waals surface area (Å²) in [5, 5.41) is 10.7. The highest BCUT2D eigenvalue weighted by molar-refractivity contribution is 6.19. The van der Waals surface area contributed by atoms with Crippen LogP contribution in [-0.4, -0.2) is 22.7 Å². The number of carboxylic acid groups (broad SMARTS) is 1. The van der Waals surface area contributed by atoms with Gasteiger partial charge in [0.15, 0.2) is 0 Å². The zero-order valence-corrected chi connectivity index (χ0v) is 11.4. The van der Waals surface area contributed by atoms with Crippen LogP contribution in [0.3, 0.4) is 0 Å². The van der Waals surface area contributed by atoms with Crippen LogP contribution in [0.25, 0.3) is 0 Å². The molecule has 21 heavy (non-hydrogen) atoms. The van der Waals surface area contributed by atoms with E-state index in [0.29, 0.717) is 24.0 Å². The second-order valence-electron chi connectivity index (χ2n) is 5.35. The first-order valence-corrected chi connectivity index (χ1v) is 6.96. The van der Waals surface area contributed by atoms with Crippen LogP contribution >= 0.6 is 0 Å². The molecule has 108 valence electrons. The van der Waals surface area contributed by atoms with Crippen molar-refractivity contribution >= 4 is 17.8 Å². The lowest BCUT2D eigenvalue weighted by atomic mass is 9.93. The number of nitrogens with zero attached hydrogens (tertiary/aromatic N) is 1. The standard InChI is InChI=1S/C16H15NO4/c18-14-12-3-1-2-4-13(12)15(19)17(14)9-10-5-7-11(8-6-10)16(20)21/h5-8H,1-4,9H2,(H,20,21)/p-1. The minimum absolute atomic E-state index is 0.0789. The van der Waals surface area contributed by atoms with E-state index in [4.69, 9.17) is 0 Å². The summed E-state index contributed by atoms with van der Waals surface area (Å²) in [6, 6.07) is 6.04. The van der Waals surface area contributed by atoms with Gasteiger partial charge in [-0.25, -0.2) is 0 Å². The Morgan fingerprint density at radius 3 is 2.00 bits per heavy atom. The zero-order chi connectivity index (χ0) is 15.0. The van der Waals surface area contributed by atoms with E-state index in [1.54, 1.807) is 12.1 Å². The Morgan fingerprint density at radius 2 is 1.52 bits per heavy atom. The highest BCUT2D eigenvalue weighted by atomic mass is 16.4. The normalized spacial score (nSPS) is 18.2. The first-order valence-electron chi connectivity index (χ1n) is 6.96. The van der Waals surface area contributed by atoms with Crippen molar-refractivity contribution in [3.63, 3.8) is 0 Å². The fourth-order valence-corrected chi connectivity index (χ4v) is 2.87. The van der Waals surface area contributed by atoms with Crippen molar-refractivity contribution in [2.75, 3.05) is 0 Å². The first-order chi connectivity index (χ1) is 10.1. The largest absolute Gasteiger partial charge is 0.545 e. The maximum absolute atomic E-state index is 12.3. The molecule has 0 radical (unpaired) electrons. The van der Waals surface area contributed by atoms with Gasteiger partial charge in [-0.05, 0) is 36.8 Å². The second-order valence-corrected chi connectivity index (χ2v) is 5.35. The fourth-order valence-electron chi connectivity index (χ4n) is 2.87. The van der Waals surface area contributed by atoms with Gasteiger partial charge in [-0.2, -0.15) is 0 Å². The number of rotatable bonds is 3. The van der Waals surface area contributed by atoms with Crippen molar-refractivity contribution in [2.24, 2.45) is 0 Å². The Hall–Kier alpha value is -2.43. The maximum Gasteiger partial charge on any atom is 0.257 e. The summed E-state index contributed by atoms with van der Waals surface area (Å²) in [5.41, 5.74) is 2.13. The molecule has 0 saturated heterocycles. The van der Waals surface area contributed by atoms with Crippen LogP contribution in [0.2, 0.25) is 0 Å². The molecular formula is C16H14NO4-. The Bertz CT molecular complexity index is 629. The Kier molecular flexibility index (Phi) is 3.33. The van der Waals surface area contributed by atoms with Gasteiger partial charge in [0.2, 0.25) is 0 Å². The van der Waals surface area contributed by atoms with E-state index in [1.165, 1.54) is 17.0 Å². The van der Waals surface area contributed by atoms with E-state index in [2.05, 4.69) is 0 Å². The van der Waals surface area contributed by atoms with Crippen LogP contribution in [0.4, 0.5) is 0 Å². The van der Waals surface area contributed by atoms with E-state index in [0.717, 1.165) is 18.4 Å². The molecule has 5 nitrogen and oxygen atoms in total. The van der Waals surface area contributed by atoms with Gasteiger partial charge < -0.3 is 9.90 Å². The molecule has 0 N–H and O–H groups in total. The van der Waals surface area contributed by atoms with Crippen LogP contribution in [0.15, 0.2) is 35.4 Å². The monoisotopic (exact) mass is 284 g/mol. The van der Waals surface area contributed by atoms with Gasteiger partial charge in [0.25, 0.3) is 11.8 Å². The quantitative estimate of drug-likeness (QED) is 0.769. The fraction of sp³-hybridized carbons (Fsp3) is 0.312. The summed E-state index contributed by atoms with van der Waals surface area (Å²) in [4.78, 5) is 36.5. The van der Waals surface area contributed by atoms with Gasteiger partial charge in [0, 0.05) is 11.1 Å². The summed E-state index contributed by atoms with van der Waals surface area (Å²) in [6.07, 6.45) is 3.26. The van der Waals surface area contributed by atoms with Crippen molar-refractivity contribution in [1.29, 1.82) is 0 Å². The lowest BCUT2D eigenvalue weighted by Crippen LogP contribution is -2.31. The molecule has 0 unspecified atom stereocenters. The number of carbonyl (C=O) groups is 3. The lowest BCUT2D eigenvalue weighted by Gasteiger charge is -2.15. The van der Waals surface area contributed by atoms with Crippen LogP contribution in [-0.2, 0) is 16.1 Å². The second kappa shape index (κ2) is 5.16. The molecule has 0 saturated carbocycles. The van der Waals surface area contributed by atoms with E-state index >= 15 is 0 Å². The van der Waals surface area contributed by atoms with E-state index < -0.39 is 5.97 Å². The van der Waals surface area contributed by atoms with Gasteiger partial charge >= 0.3 is 0 Å². The number of aromatic carboxylic acids is 1. The lowest BCUT2D eigenvalue weighted by molar-refractivity contribution is -0.255. The van der Waals surface area contributed by atoms with Crippen molar-refractivity contribution in [1.82, 2.24) is 4.90 Å². The molecule has 0 aromatic heterocycles. The number of carboxylic acids is 1. The number of amides is 2. The molecule has 3 rings (SSSR count). The third kappa shape index (κ3) is 2.35. The molecular weight excluding hydrogens is 270 g/mol. The molecule has 1 aromatic carbocycles. The molecule has 1 aromatic rings. The minimum atomic E-state index is -1.24. The summed E-state index contributed by atoms with van der Waals surface area (Å²) in [7, 11) is 0. The smallest absolute Gasteiger partial charge is 0.257 e. The molecule has 2 amide bonds. The molecule has 5 heteroatoms. The number of benzene rings is 1. The summed E-state index contributed by atoms with van der Waals surface area (Å²) < 4.78 is 0. The molecule has 1 aliphatic carbocycles. The maximum atomic E-state index is 12.3. The van der Waals surface area contributed by atoms with Crippen LogP contribution in [0.1, 0.15) is 41.6 Å². The number of imide groups is 1. The summed E-state index contributed by atoms with van der Waals surface area (Å²) in [5.74, 6) is -1.63. The molecule has 2 aliphatic rings. The molecule has 1 aliphatic heterocycles. The van der Waals surface area contributed by atoms with Gasteiger partial charge in [0.1, 0.15) is 0 Å². The predicted octanol–water partition coefficient (Wildman–Crippen LogP) is 0.789. The van der Waals surface area contributed by atoms with Crippen LogP contribution in [0.5, 0.6) is 0 Å². The van der Waals surface area contributed by atoms with Gasteiger partial charge in [0.05, 0.1) is 12.5 Å². The van der Waals surface area contributed by atoms with Crippen molar-refractivity contribution in [3.8, 4) is 0 Å². The summed E-state index contributed by atoms with van der Waals surface area (Å²) in [6.45, 7) is 0.179. The third-order valence-electron chi connectivity index (χ3n) is 4.00. The first kappa shape index (κ1) is 13.5. The number of hydrogen-bond acceptors (Lipinski definition) is 4. The van der Waals surface area contributed by atoms with Crippen molar-refractivity contribution in [3.05, 3.63) is 46.5 Å². The molecule has 1 heterocycles. The zero-order valence-electron chi connectivity index (χ0n) is 11.4. The molecule has 0 fully saturated rings. The van der Waals surface area contributed by atoms with Crippen LogP contribution in [0, 0.1) is 0 Å². The van der Waals surface area contributed by atoms with Crippen molar-refractivity contribution < 1.29 is 19.5 Å². The summed E-state index contributed by atoms with van der Waals surface area (Å²) >= 11 is 0. The highest BCUT2D eigenvalue weighted by Gasteiger charge is 2.38. The third-order valence-corrected chi connectivity index (χ3v) is 4.00. The average molecular weight is 284 g/mol. The predicted molar refractivity (Wildman–Crippen MR) is 71.8 cm³/mol. The molecule has 0 spiro atoms. The number of hydrogen-bond donors (Lipinski definition) is 0. The van der Waals surface area contributed by atoms with Gasteiger partial charge in [-0.15, -0.1) is 0 Å². The minimum Gasteiger partial charge on any atom is -0.545 e. The van der Waals surface area contributed by atoms with Gasteiger partial charge in [-0.3, -0.25) is 14.5 Å². The van der Waals surface area contributed by atoms with Crippen LogP contribution < -0.4 is 5.11 Å². The Balaban J connectivity index is 1.78. The SMILES string of the molecule is O=C([O-])c1ccc(CN2C(=O)C3=C(CCCC3)C2=O)cc1. The highest BCUT2D eigenvalue weighted by Crippen LogP contribution is 2.33. The molecule has 0 bridgehead atoms. The van der Waals surface area contributed by atoms with Gasteiger partial charge in [-0.1, -0.05) is 24.3 Å². The van der Waals surface area contributed by atoms with E-state index in [1.807, 2.05) is 0 Å². The topological polar surface area (TPSA) is 77.5 Å². The van der Waals surface area contributed by atoms with E-state index in [-0.39, 0.29) is 23.9 Å². The Labute approximate surface area is 121 Å². The number of carbonyl (C=O) groups excluding carboxylic acids is 3. The average Bonchev–Trinajstić information content (AvgIpc) is 2.73. The molecule has 0 atom stereocenters. The van der Waals surface area contributed by atoms with Crippen molar-refractivity contribution in [2.45, 2.75) is 32.2 Å². The van der Waals surface area contributed by atoms with E-state index in [9.17, 15) is 19.5 Å².